The molecule has 0 radical (unpaired) electrons. The van der Waals surface area contributed by atoms with Gasteiger partial charge in [0.05, 0.1) is 6.54 Å². The molecule has 0 unspecified atom stereocenters. The highest BCUT2D eigenvalue weighted by atomic mass is 127. The number of nitrogens with one attached hydrogen (secondary N) is 2. The van der Waals surface area contributed by atoms with Crippen LogP contribution in [0.5, 0.6) is 5.88 Å². The standard InChI is InChI=1S/C17H26N4O.HI/c1-3-11-19-17(18-4-2)21-13-14-9-10-16(20-12-14)22-15-7-5-6-8-15;/h3,9-10,12,15H,1,4-8,11,13H2,2H3,(H2,18,19,21);1H. The van der Waals surface area contributed by atoms with Crippen molar-refractivity contribution >= 4 is 29.9 Å². The van der Waals surface area contributed by atoms with Gasteiger partial charge in [0, 0.05) is 25.4 Å². The average Bonchev–Trinajstić information content (AvgIpc) is 3.04. The molecule has 2 N–H and O–H groups in total. The molecule has 5 nitrogen and oxygen atoms in total. The molecule has 0 spiro atoms. The van der Waals surface area contributed by atoms with Crippen molar-refractivity contribution in [3.8, 4) is 5.88 Å². The van der Waals surface area contributed by atoms with E-state index >= 15 is 0 Å². The van der Waals surface area contributed by atoms with Crippen molar-refractivity contribution in [3.05, 3.63) is 36.5 Å². The molecule has 0 amide bonds. The second-order valence-electron chi connectivity index (χ2n) is 5.39. The van der Waals surface area contributed by atoms with E-state index in [2.05, 4.69) is 27.2 Å². The third-order valence-electron chi connectivity index (χ3n) is 3.57. The summed E-state index contributed by atoms with van der Waals surface area (Å²) >= 11 is 0. The summed E-state index contributed by atoms with van der Waals surface area (Å²) in [6.45, 7) is 7.84. The molecule has 1 aliphatic rings. The van der Waals surface area contributed by atoms with Gasteiger partial charge in [-0.3, -0.25) is 0 Å². The Balaban J connectivity index is 0.00000264. The van der Waals surface area contributed by atoms with Crippen LogP contribution in [-0.4, -0.2) is 30.1 Å². The monoisotopic (exact) mass is 430 g/mol. The number of hydrogen-bond acceptors (Lipinski definition) is 3. The first-order valence-corrected chi connectivity index (χ1v) is 8.06. The fourth-order valence-corrected chi connectivity index (χ4v) is 2.43. The molecule has 0 aliphatic heterocycles. The number of ether oxygens (including phenoxy) is 1. The summed E-state index contributed by atoms with van der Waals surface area (Å²) in [7, 11) is 0. The lowest BCUT2D eigenvalue weighted by atomic mass is 10.3. The summed E-state index contributed by atoms with van der Waals surface area (Å²) in [6, 6.07) is 3.96. The van der Waals surface area contributed by atoms with E-state index in [9.17, 15) is 0 Å². The maximum absolute atomic E-state index is 5.86. The largest absolute Gasteiger partial charge is 0.474 e. The van der Waals surface area contributed by atoms with Gasteiger partial charge in [0.1, 0.15) is 6.10 Å². The SMILES string of the molecule is C=CCNC(=NCc1ccc(OC2CCCC2)nc1)NCC.I. The number of rotatable bonds is 7. The highest BCUT2D eigenvalue weighted by Crippen LogP contribution is 2.22. The van der Waals surface area contributed by atoms with Gasteiger partial charge in [0.25, 0.3) is 0 Å². The van der Waals surface area contributed by atoms with Crippen molar-refractivity contribution in [1.82, 2.24) is 15.6 Å². The Bertz CT molecular complexity index is 484. The number of hydrogen-bond donors (Lipinski definition) is 2. The van der Waals surface area contributed by atoms with Crippen molar-refractivity contribution in [2.24, 2.45) is 4.99 Å². The lowest BCUT2D eigenvalue weighted by Crippen LogP contribution is -2.37. The molecule has 23 heavy (non-hydrogen) atoms. The summed E-state index contributed by atoms with van der Waals surface area (Å²) in [6.07, 6.45) is 8.82. The second kappa shape index (κ2) is 11.3. The molecule has 2 rings (SSSR count). The van der Waals surface area contributed by atoms with Gasteiger partial charge < -0.3 is 15.4 Å². The van der Waals surface area contributed by atoms with Crippen molar-refractivity contribution in [2.45, 2.75) is 45.3 Å². The van der Waals surface area contributed by atoms with Crippen LogP contribution in [0, 0.1) is 0 Å². The predicted octanol–water partition coefficient (Wildman–Crippen LogP) is 3.26. The van der Waals surface area contributed by atoms with Gasteiger partial charge >= 0.3 is 0 Å². The Hall–Kier alpha value is -1.31. The predicted molar refractivity (Wildman–Crippen MR) is 106 cm³/mol. The molecule has 0 atom stereocenters. The first-order chi connectivity index (χ1) is 10.8. The summed E-state index contributed by atoms with van der Waals surface area (Å²) in [5.41, 5.74) is 1.06. The minimum absolute atomic E-state index is 0. The van der Waals surface area contributed by atoms with Crippen LogP contribution in [0.2, 0.25) is 0 Å². The van der Waals surface area contributed by atoms with Gasteiger partial charge in [0.15, 0.2) is 5.96 Å². The van der Waals surface area contributed by atoms with E-state index in [0.29, 0.717) is 19.2 Å². The third-order valence-corrected chi connectivity index (χ3v) is 3.57. The maximum Gasteiger partial charge on any atom is 0.213 e. The fourth-order valence-electron chi connectivity index (χ4n) is 2.43. The van der Waals surface area contributed by atoms with Crippen molar-refractivity contribution in [2.75, 3.05) is 13.1 Å². The van der Waals surface area contributed by atoms with Crippen LogP contribution in [0.25, 0.3) is 0 Å². The van der Waals surface area contributed by atoms with Gasteiger partial charge in [-0.25, -0.2) is 9.98 Å². The molecule has 0 saturated heterocycles. The van der Waals surface area contributed by atoms with E-state index < -0.39 is 0 Å². The van der Waals surface area contributed by atoms with Crippen LogP contribution in [0.3, 0.4) is 0 Å². The Morgan fingerprint density at radius 3 is 2.78 bits per heavy atom. The first-order valence-electron chi connectivity index (χ1n) is 8.06. The lowest BCUT2D eigenvalue weighted by molar-refractivity contribution is 0.201. The van der Waals surface area contributed by atoms with Crippen molar-refractivity contribution in [1.29, 1.82) is 0 Å². The van der Waals surface area contributed by atoms with E-state index in [1.165, 1.54) is 12.8 Å². The van der Waals surface area contributed by atoms with Gasteiger partial charge in [0.2, 0.25) is 5.88 Å². The molecule has 1 aliphatic carbocycles. The number of halogens is 1. The molecular formula is C17H27IN4O. The lowest BCUT2D eigenvalue weighted by Gasteiger charge is -2.12. The van der Waals surface area contributed by atoms with Gasteiger partial charge in [-0.2, -0.15) is 0 Å². The van der Waals surface area contributed by atoms with Crippen LogP contribution >= 0.6 is 24.0 Å². The Morgan fingerprint density at radius 2 is 2.17 bits per heavy atom. The van der Waals surface area contributed by atoms with Gasteiger partial charge in [-0.05, 0) is 38.2 Å². The third kappa shape index (κ3) is 7.20. The number of nitrogens with zero attached hydrogens (tertiary/aromatic N) is 2. The topological polar surface area (TPSA) is 58.5 Å². The molecule has 128 valence electrons. The minimum atomic E-state index is 0. The van der Waals surface area contributed by atoms with Crippen LogP contribution in [0.1, 0.15) is 38.2 Å². The zero-order valence-corrected chi connectivity index (χ0v) is 16.1. The van der Waals surface area contributed by atoms with Crippen molar-refractivity contribution < 1.29 is 4.74 Å². The van der Waals surface area contributed by atoms with Crippen LogP contribution in [0.15, 0.2) is 36.0 Å². The summed E-state index contributed by atoms with van der Waals surface area (Å²) in [5.74, 6) is 1.50. The van der Waals surface area contributed by atoms with Crippen molar-refractivity contribution in [3.63, 3.8) is 0 Å². The number of aromatic nitrogens is 1. The zero-order valence-electron chi connectivity index (χ0n) is 13.8. The molecule has 1 heterocycles. The first kappa shape index (κ1) is 19.7. The summed E-state index contributed by atoms with van der Waals surface area (Å²) < 4.78 is 5.86. The molecule has 1 aromatic heterocycles. The van der Waals surface area contributed by atoms with Crippen LogP contribution in [-0.2, 0) is 6.54 Å². The summed E-state index contributed by atoms with van der Waals surface area (Å²) in [5, 5.41) is 6.37. The van der Waals surface area contributed by atoms with Crippen LogP contribution < -0.4 is 15.4 Å². The molecule has 1 aromatic rings. The number of pyridine rings is 1. The Kier molecular flexibility index (Phi) is 9.66. The van der Waals surface area contributed by atoms with E-state index in [4.69, 9.17) is 4.74 Å². The van der Waals surface area contributed by atoms with E-state index in [1.54, 1.807) is 0 Å². The highest BCUT2D eigenvalue weighted by molar-refractivity contribution is 14.0. The number of aliphatic imine (C=N–C) groups is 1. The Morgan fingerprint density at radius 1 is 1.39 bits per heavy atom. The molecule has 1 fully saturated rings. The van der Waals surface area contributed by atoms with E-state index in [-0.39, 0.29) is 24.0 Å². The number of guanidine groups is 1. The quantitative estimate of drug-likeness (QED) is 0.302. The Labute approximate surface area is 156 Å². The van der Waals surface area contributed by atoms with Gasteiger partial charge in [-0.1, -0.05) is 12.1 Å². The highest BCUT2D eigenvalue weighted by Gasteiger charge is 2.16. The zero-order chi connectivity index (χ0) is 15.6. The minimum Gasteiger partial charge on any atom is -0.474 e. The normalized spacial score (nSPS) is 14.9. The average molecular weight is 430 g/mol. The van der Waals surface area contributed by atoms with E-state index in [1.807, 2.05) is 31.3 Å². The molecule has 0 aromatic carbocycles. The fraction of sp³-hybridized carbons (Fsp3) is 0.529. The summed E-state index contributed by atoms with van der Waals surface area (Å²) in [4.78, 5) is 8.90. The van der Waals surface area contributed by atoms with Crippen LogP contribution in [0.4, 0.5) is 0 Å². The van der Waals surface area contributed by atoms with E-state index in [0.717, 1.165) is 36.8 Å². The molecule has 1 saturated carbocycles. The smallest absolute Gasteiger partial charge is 0.213 e. The van der Waals surface area contributed by atoms with Gasteiger partial charge in [-0.15, -0.1) is 30.6 Å². The molecule has 0 bridgehead atoms. The maximum atomic E-state index is 5.86. The second-order valence-corrected chi connectivity index (χ2v) is 5.39. The molecule has 6 heteroatoms. The molecular weight excluding hydrogens is 403 g/mol.